The van der Waals surface area contributed by atoms with Crippen LogP contribution in [0.1, 0.15) is 18.1 Å². The van der Waals surface area contributed by atoms with E-state index in [-0.39, 0.29) is 18.1 Å². The van der Waals surface area contributed by atoms with Gasteiger partial charge in [-0.2, -0.15) is 0 Å². The first-order valence-electron chi connectivity index (χ1n) is 7.89. The zero-order chi connectivity index (χ0) is 18.4. The predicted octanol–water partition coefficient (Wildman–Crippen LogP) is 3.99. The van der Waals surface area contributed by atoms with E-state index in [4.69, 9.17) is 0 Å². The third kappa shape index (κ3) is 5.65. The van der Waals surface area contributed by atoms with Crippen molar-refractivity contribution in [1.82, 2.24) is 4.90 Å². The maximum absolute atomic E-state index is 12.2. The zero-order valence-electron chi connectivity index (χ0n) is 14.2. The van der Waals surface area contributed by atoms with Gasteiger partial charge in [-0.05, 0) is 46.6 Å². The number of anilines is 1. The van der Waals surface area contributed by atoms with Crippen LogP contribution in [0.4, 0.5) is 11.4 Å². The van der Waals surface area contributed by atoms with E-state index in [2.05, 4.69) is 52.4 Å². The summed E-state index contributed by atoms with van der Waals surface area (Å²) in [7, 11) is 1.87. The Balaban J connectivity index is 1.91. The van der Waals surface area contributed by atoms with Crippen molar-refractivity contribution in [2.75, 3.05) is 18.9 Å². The van der Waals surface area contributed by atoms with Crippen LogP contribution in [-0.4, -0.2) is 29.3 Å². The largest absolute Gasteiger partial charge is 0.324 e. The Morgan fingerprint density at radius 2 is 1.84 bits per heavy atom. The van der Waals surface area contributed by atoms with Gasteiger partial charge in [0, 0.05) is 23.2 Å². The van der Waals surface area contributed by atoms with E-state index < -0.39 is 4.92 Å². The number of nitro benzene ring substituents is 1. The molecule has 2 aromatic carbocycles. The molecule has 0 aromatic heterocycles. The number of non-ortho nitro benzene ring substituents is 1. The molecule has 0 saturated carbocycles. The Morgan fingerprint density at radius 1 is 1.20 bits per heavy atom. The summed E-state index contributed by atoms with van der Waals surface area (Å²) in [5.74, 6) is -0.178. The minimum absolute atomic E-state index is 0.0301. The van der Waals surface area contributed by atoms with Crippen molar-refractivity contribution in [2.45, 2.75) is 19.9 Å². The van der Waals surface area contributed by atoms with Gasteiger partial charge in [-0.3, -0.25) is 19.8 Å². The fourth-order valence-corrected chi connectivity index (χ4v) is 2.87. The average Bonchev–Trinajstić information content (AvgIpc) is 2.57. The molecular formula is C18H20BrN3O3. The summed E-state index contributed by atoms with van der Waals surface area (Å²) in [5.41, 5.74) is 2.91. The molecular weight excluding hydrogens is 386 g/mol. The normalized spacial score (nSPS) is 10.7. The molecule has 7 heteroatoms. The molecule has 0 fully saturated rings. The summed E-state index contributed by atoms with van der Waals surface area (Å²) in [6.45, 7) is 3.00. The van der Waals surface area contributed by atoms with Crippen LogP contribution in [0.25, 0.3) is 0 Å². The monoisotopic (exact) mass is 405 g/mol. The van der Waals surface area contributed by atoms with E-state index in [9.17, 15) is 14.9 Å². The summed E-state index contributed by atoms with van der Waals surface area (Å²) in [5, 5.41) is 13.5. The molecule has 1 N–H and O–H groups in total. The molecule has 0 radical (unpaired) electrons. The molecule has 0 saturated heterocycles. The highest BCUT2D eigenvalue weighted by atomic mass is 79.9. The fraction of sp³-hybridized carbons (Fsp3) is 0.278. The highest BCUT2D eigenvalue weighted by Gasteiger charge is 2.12. The number of likely N-dealkylation sites (N-methyl/N-ethyl adjacent to an activating group) is 1. The van der Waals surface area contributed by atoms with E-state index in [0.717, 1.165) is 12.0 Å². The van der Waals surface area contributed by atoms with Crippen LogP contribution in [0.2, 0.25) is 0 Å². The number of nitrogens with zero attached hydrogens (tertiary/aromatic N) is 2. The number of carbonyl (C=O) groups is 1. The van der Waals surface area contributed by atoms with Crippen LogP contribution in [0.15, 0.2) is 46.9 Å². The number of halogens is 1. The van der Waals surface area contributed by atoms with Gasteiger partial charge in [-0.1, -0.05) is 31.2 Å². The Labute approximate surface area is 155 Å². The molecule has 2 rings (SSSR count). The van der Waals surface area contributed by atoms with Gasteiger partial charge < -0.3 is 5.32 Å². The van der Waals surface area contributed by atoms with Crippen molar-refractivity contribution >= 4 is 33.2 Å². The van der Waals surface area contributed by atoms with E-state index in [1.807, 2.05) is 11.9 Å². The number of hydrogen-bond acceptors (Lipinski definition) is 4. The molecule has 0 heterocycles. The summed E-state index contributed by atoms with van der Waals surface area (Å²) < 4.78 is 0.479. The number of aryl methyl sites for hydroxylation is 1. The maximum atomic E-state index is 12.2. The van der Waals surface area contributed by atoms with Gasteiger partial charge in [0.2, 0.25) is 5.91 Å². The van der Waals surface area contributed by atoms with Crippen LogP contribution < -0.4 is 5.32 Å². The SMILES string of the molecule is CCc1ccc(CN(C)CC(=O)Nc2ccc([N+](=O)[O-])cc2Br)cc1. The molecule has 0 spiro atoms. The quantitative estimate of drug-likeness (QED) is 0.557. The van der Waals surface area contributed by atoms with Crippen LogP contribution in [0.3, 0.4) is 0 Å². The topological polar surface area (TPSA) is 75.5 Å². The van der Waals surface area contributed by atoms with Crippen molar-refractivity contribution in [2.24, 2.45) is 0 Å². The lowest BCUT2D eigenvalue weighted by Gasteiger charge is -2.17. The lowest BCUT2D eigenvalue weighted by Crippen LogP contribution is -2.29. The molecule has 0 aliphatic heterocycles. The van der Waals surface area contributed by atoms with E-state index in [1.165, 1.54) is 23.8 Å². The van der Waals surface area contributed by atoms with Crippen molar-refractivity contribution in [3.8, 4) is 0 Å². The number of carbonyl (C=O) groups excluding carboxylic acids is 1. The third-order valence-electron chi connectivity index (χ3n) is 3.73. The summed E-state index contributed by atoms with van der Waals surface area (Å²) in [6.07, 6.45) is 1.00. The van der Waals surface area contributed by atoms with Gasteiger partial charge >= 0.3 is 0 Å². The number of rotatable bonds is 7. The molecule has 0 bridgehead atoms. The standard InChI is InChI=1S/C18H20BrN3O3/c1-3-13-4-6-14(7-5-13)11-21(2)12-18(23)20-17-9-8-15(22(24)25)10-16(17)19/h4-10H,3,11-12H2,1-2H3,(H,20,23). The molecule has 2 aromatic rings. The third-order valence-corrected chi connectivity index (χ3v) is 4.39. The van der Waals surface area contributed by atoms with E-state index in [1.54, 1.807) is 0 Å². The highest BCUT2D eigenvalue weighted by molar-refractivity contribution is 9.10. The smallest absolute Gasteiger partial charge is 0.270 e. The first-order chi connectivity index (χ1) is 11.9. The molecule has 0 atom stereocenters. The number of amides is 1. The van der Waals surface area contributed by atoms with Crippen molar-refractivity contribution in [3.05, 3.63) is 68.2 Å². The number of hydrogen-bond donors (Lipinski definition) is 1. The van der Waals surface area contributed by atoms with E-state index >= 15 is 0 Å². The van der Waals surface area contributed by atoms with Gasteiger partial charge in [0.1, 0.15) is 0 Å². The summed E-state index contributed by atoms with van der Waals surface area (Å²) >= 11 is 3.24. The lowest BCUT2D eigenvalue weighted by molar-refractivity contribution is -0.384. The summed E-state index contributed by atoms with van der Waals surface area (Å²) in [4.78, 5) is 24.3. The van der Waals surface area contributed by atoms with Crippen molar-refractivity contribution in [3.63, 3.8) is 0 Å². The molecule has 0 aliphatic rings. The van der Waals surface area contributed by atoms with Crippen LogP contribution in [0, 0.1) is 10.1 Å². The zero-order valence-corrected chi connectivity index (χ0v) is 15.7. The number of nitro groups is 1. The minimum atomic E-state index is -0.478. The molecule has 132 valence electrons. The van der Waals surface area contributed by atoms with Gasteiger partial charge in [0.15, 0.2) is 0 Å². The Bertz CT molecular complexity index is 763. The average molecular weight is 406 g/mol. The maximum Gasteiger partial charge on any atom is 0.270 e. The molecule has 25 heavy (non-hydrogen) atoms. The van der Waals surface area contributed by atoms with Gasteiger partial charge in [-0.15, -0.1) is 0 Å². The Kier molecular flexibility index (Phi) is 6.66. The summed E-state index contributed by atoms with van der Waals surface area (Å²) in [6, 6.07) is 12.6. The van der Waals surface area contributed by atoms with E-state index in [0.29, 0.717) is 16.7 Å². The minimum Gasteiger partial charge on any atom is -0.324 e. The van der Waals surface area contributed by atoms with Gasteiger partial charge in [0.25, 0.3) is 5.69 Å². The number of nitrogens with one attached hydrogen (secondary N) is 1. The second kappa shape index (κ2) is 8.73. The fourth-order valence-electron chi connectivity index (χ4n) is 2.40. The van der Waals surface area contributed by atoms with Crippen molar-refractivity contribution < 1.29 is 9.72 Å². The second-order valence-corrected chi connectivity index (χ2v) is 6.67. The molecule has 1 amide bonds. The lowest BCUT2D eigenvalue weighted by atomic mass is 10.1. The molecule has 0 unspecified atom stereocenters. The van der Waals surface area contributed by atoms with Crippen LogP contribution in [0.5, 0.6) is 0 Å². The van der Waals surface area contributed by atoms with Gasteiger partial charge in [0.05, 0.1) is 17.2 Å². The predicted molar refractivity (Wildman–Crippen MR) is 102 cm³/mol. The first kappa shape index (κ1) is 19.1. The number of benzene rings is 2. The molecule has 0 aliphatic carbocycles. The van der Waals surface area contributed by atoms with Crippen LogP contribution >= 0.6 is 15.9 Å². The molecule has 6 nitrogen and oxygen atoms in total. The first-order valence-corrected chi connectivity index (χ1v) is 8.68. The van der Waals surface area contributed by atoms with Crippen LogP contribution in [-0.2, 0) is 17.8 Å². The van der Waals surface area contributed by atoms with Crippen molar-refractivity contribution in [1.29, 1.82) is 0 Å². The van der Waals surface area contributed by atoms with Gasteiger partial charge in [-0.25, -0.2) is 0 Å². The Hall–Kier alpha value is -2.25. The highest BCUT2D eigenvalue weighted by Crippen LogP contribution is 2.27. The Morgan fingerprint density at radius 3 is 2.40 bits per heavy atom. The second-order valence-electron chi connectivity index (χ2n) is 5.81.